The van der Waals surface area contributed by atoms with Crippen LogP contribution >= 0.6 is 23.2 Å². The zero-order valence-electron chi connectivity index (χ0n) is 15.0. The molecule has 27 heavy (non-hydrogen) atoms. The molecule has 0 spiro atoms. The van der Waals surface area contributed by atoms with Gasteiger partial charge >= 0.3 is 0 Å². The molecule has 0 aliphatic carbocycles. The van der Waals surface area contributed by atoms with Gasteiger partial charge in [0, 0.05) is 36.3 Å². The Hall–Kier alpha value is -2.51. The summed E-state index contributed by atoms with van der Waals surface area (Å²) in [6.07, 6.45) is 0. The fraction of sp³-hybridized carbons (Fsp3) is 0.278. The van der Waals surface area contributed by atoms with Crippen molar-refractivity contribution in [2.75, 3.05) is 20.8 Å². The van der Waals surface area contributed by atoms with E-state index in [9.17, 15) is 14.9 Å². The molecule has 144 valence electrons. The number of benzene rings is 2. The molecule has 7 nitrogen and oxygen atoms in total. The molecule has 0 saturated carbocycles. The normalized spacial score (nSPS) is 10.4. The van der Waals surface area contributed by atoms with Gasteiger partial charge in [-0.05, 0) is 30.7 Å². The number of nitro benzene ring substituents is 1. The smallest absolute Gasteiger partial charge is 0.269 e. The van der Waals surface area contributed by atoms with Crippen molar-refractivity contribution >= 4 is 34.8 Å². The molecular formula is C18H18Cl2N2O5. The average molecular weight is 413 g/mol. The van der Waals surface area contributed by atoms with Gasteiger partial charge in [0.1, 0.15) is 0 Å². The van der Waals surface area contributed by atoms with Crippen molar-refractivity contribution in [2.24, 2.45) is 0 Å². The molecule has 0 heterocycles. The number of rotatable bonds is 7. The minimum atomic E-state index is -0.515. The average Bonchev–Trinajstić information content (AvgIpc) is 2.64. The maximum Gasteiger partial charge on any atom is 0.269 e. The third-order valence-electron chi connectivity index (χ3n) is 3.76. The fourth-order valence-electron chi connectivity index (χ4n) is 2.47. The van der Waals surface area contributed by atoms with Gasteiger partial charge in [-0.25, -0.2) is 0 Å². The van der Waals surface area contributed by atoms with Crippen LogP contribution in [0.25, 0.3) is 0 Å². The molecule has 2 aromatic carbocycles. The molecule has 0 atom stereocenters. The number of carbonyl (C=O) groups is 1. The molecule has 0 fully saturated rings. The Morgan fingerprint density at radius 1 is 1.22 bits per heavy atom. The Labute approximate surface area is 166 Å². The summed E-state index contributed by atoms with van der Waals surface area (Å²) in [4.78, 5) is 24.6. The summed E-state index contributed by atoms with van der Waals surface area (Å²) in [5, 5.41) is 11.5. The lowest BCUT2D eigenvalue weighted by atomic mass is 10.1. The molecule has 9 heteroatoms. The quantitative estimate of drug-likeness (QED) is 0.490. The van der Waals surface area contributed by atoms with Gasteiger partial charge in [-0.2, -0.15) is 0 Å². The van der Waals surface area contributed by atoms with Crippen molar-refractivity contribution in [3.05, 3.63) is 61.6 Å². The van der Waals surface area contributed by atoms with Crippen LogP contribution in [0.5, 0.6) is 11.5 Å². The number of nitro groups is 1. The molecular weight excluding hydrogens is 395 g/mol. The number of hydrogen-bond acceptors (Lipinski definition) is 5. The third kappa shape index (κ3) is 4.81. The topological polar surface area (TPSA) is 81.9 Å². The van der Waals surface area contributed by atoms with Crippen LogP contribution in [0, 0.1) is 10.1 Å². The van der Waals surface area contributed by atoms with Crippen LogP contribution in [0.4, 0.5) is 5.69 Å². The molecule has 0 unspecified atom stereocenters. The lowest BCUT2D eigenvalue weighted by Crippen LogP contribution is -2.26. The van der Waals surface area contributed by atoms with E-state index >= 15 is 0 Å². The van der Waals surface area contributed by atoms with Crippen LogP contribution in [0.1, 0.15) is 22.8 Å². The summed E-state index contributed by atoms with van der Waals surface area (Å²) in [7, 11) is 3.02. The first-order valence-electron chi connectivity index (χ1n) is 7.97. The van der Waals surface area contributed by atoms with Gasteiger partial charge in [-0.1, -0.05) is 23.2 Å². The molecule has 1 amide bonds. The van der Waals surface area contributed by atoms with Crippen molar-refractivity contribution in [3.63, 3.8) is 0 Å². The molecule has 0 aliphatic rings. The summed E-state index contributed by atoms with van der Waals surface area (Å²) >= 11 is 12.3. The number of non-ortho nitro benzene ring substituents is 1. The predicted molar refractivity (Wildman–Crippen MR) is 103 cm³/mol. The van der Waals surface area contributed by atoms with Gasteiger partial charge in [-0.15, -0.1) is 0 Å². The zero-order chi connectivity index (χ0) is 20.1. The lowest BCUT2D eigenvalue weighted by Gasteiger charge is -2.19. The van der Waals surface area contributed by atoms with Crippen LogP contribution in [-0.2, 0) is 6.54 Å². The number of hydrogen-bond donors (Lipinski definition) is 0. The summed E-state index contributed by atoms with van der Waals surface area (Å²) in [6.45, 7) is 2.30. The van der Waals surface area contributed by atoms with Gasteiger partial charge in [0.2, 0.25) is 0 Å². The Bertz CT molecular complexity index is 873. The summed E-state index contributed by atoms with van der Waals surface area (Å²) in [6, 6.07) is 7.11. The number of carbonyl (C=O) groups excluding carboxylic acids is 1. The van der Waals surface area contributed by atoms with E-state index in [1.807, 2.05) is 6.92 Å². The van der Waals surface area contributed by atoms with Gasteiger partial charge < -0.3 is 14.4 Å². The first-order valence-corrected chi connectivity index (χ1v) is 8.72. The van der Waals surface area contributed by atoms with Gasteiger partial charge in [0.05, 0.1) is 23.7 Å². The Balaban J connectivity index is 2.29. The highest BCUT2D eigenvalue weighted by atomic mass is 35.5. The highest BCUT2D eigenvalue weighted by molar-refractivity contribution is 6.32. The Morgan fingerprint density at radius 3 is 2.52 bits per heavy atom. The van der Waals surface area contributed by atoms with E-state index in [4.69, 9.17) is 32.7 Å². The standard InChI is InChI=1S/C18H18Cl2N2O5/c1-4-27-17-15(20)8-11(9-16(17)26-3)18(23)21(2)10-12-7-13(22(24)25)5-6-14(12)19/h5-9H,4,10H2,1-3H3. The fourth-order valence-corrected chi connectivity index (χ4v) is 2.91. The number of halogens is 2. The van der Waals surface area contributed by atoms with Gasteiger partial charge in [-0.3, -0.25) is 14.9 Å². The van der Waals surface area contributed by atoms with Crippen molar-refractivity contribution in [3.8, 4) is 11.5 Å². The largest absolute Gasteiger partial charge is 0.493 e. The first-order chi connectivity index (χ1) is 12.8. The van der Waals surface area contributed by atoms with Crippen LogP contribution in [0.3, 0.4) is 0 Å². The lowest BCUT2D eigenvalue weighted by molar-refractivity contribution is -0.384. The molecule has 0 N–H and O–H groups in total. The number of ether oxygens (including phenoxy) is 2. The Morgan fingerprint density at radius 2 is 1.93 bits per heavy atom. The maximum atomic E-state index is 12.8. The van der Waals surface area contributed by atoms with E-state index in [0.29, 0.717) is 34.3 Å². The van der Waals surface area contributed by atoms with E-state index in [1.54, 1.807) is 7.05 Å². The number of nitrogens with zero attached hydrogens (tertiary/aromatic N) is 2. The third-order valence-corrected chi connectivity index (χ3v) is 4.41. The second kappa shape index (κ2) is 8.92. The maximum absolute atomic E-state index is 12.8. The van der Waals surface area contributed by atoms with Crippen LogP contribution < -0.4 is 9.47 Å². The molecule has 2 aromatic rings. The SMILES string of the molecule is CCOc1c(Cl)cc(C(=O)N(C)Cc2cc([N+](=O)[O-])ccc2Cl)cc1OC. The summed E-state index contributed by atoms with van der Waals surface area (Å²) in [5.41, 5.74) is 0.663. The highest BCUT2D eigenvalue weighted by Crippen LogP contribution is 2.36. The Kier molecular flexibility index (Phi) is 6.87. The monoisotopic (exact) mass is 412 g/mol. The van der Waals surface area contributed by atoms with Gasteiger partial charge in [0.25, 0.3) is 11.6 Å². The minimum Gasteiger partial charge on any atom is -0.493 e. The van der Waals surface area contributed by atoms with E-state index < -0.39 is 4.92 Å². The van der Waals surface area contributed by atoms with E-state index in [0.717, 1.165) is 0 Å². The molecule has 0 aromatic heterocycles. The van der Waals surface area contributed by atoms with Crippen molar-refractivity contribution in [1.29, 1.82) is 0 Å². The van der Waals surface area contributed by atoms with Crippen LogP contribution in [0.2, 0.25) is 10.0 Å². The molecule has 0 bridgehead atoms. The van der Waals surface area contributed by atoms with E-state index in [1.165, 1.54) is 42.3 Å². The molecule has 0 aliphatic heterocycles. The molecule has 0 radical (unpaired) electrons. The van der Waals surface area contributed by atoms with Crippen molar-refractivity contribution in [1.82, 2.24) is 4.90 Å². The number of methoxy groups -OCH3 is 1. The highest BCUT2D eigenvalue weighted by Gasteiger charge is 2.20. The first kappa shape index (κ1) is 20.8. The molecule has 2 rings (SSSR count). The van der Waals surface area contributed by atoms with E-state index in [-0.39, 0.29) is 23.2 Å². The second-order valence-corrected chi connectivity index (χ2v) is 6.43. The second-order valence-electron chi connectivity index (χ2n) is 5.62. The van der Waals surface area contributed by atoms with Crippen molar-refractivity contribution < 1.29 is 19.2 Å². The number of amides is 1. The van der Waals surface area contributed by atoms with Crippen LogP contribution in [0.15, 0.2) is 30.3 Å². The van der Waals surface area contributed by atoms with Crippen molar-refractivity contribution in [2.45, 2.75) is 13.5 Å². The van der Waals surface area contributed by atoms with Crippen LogP contribution in [-0.4, -0.2) is 36.5 Å². The molecule has 0 saturated heterocycles. The predicted octanol–water partition coefficient (Wildman–Crippen LogP) is 4.58. The summed E-state index contributed by atoms with van der Waals surface area (Å²) in [5.74, 6) is 0.359. The van der Waals surface area contributed by atoms with E-state index in [2.05, 4.69) is 0 Å². The summed E-state index contributed by atoms with van der Waals surface area (Å²) < 4.78 is 10.7. The van der Waals surface area contributed by atoms with Gasteiger partial charge in [0.15, 0.2) is 11.5 Å². The zero-order valence-corrected chi connectivity index (χ0v) is 16.5. The minimum absolute atomic E-state index is 0.0898.